The lowest BCUT2D eigenvalue weighted by Crippen LogP contribution is -2.47. The summed E-state index contributed by atoms with van der Waals surface area (Å²) in [4.78, 5) is 11.3. The van der Waals surface area contributed by atoms with Crippen molar-refractivity contribution in [1.82, 2.24) is 10.6 Å². The van der Waals surface area contributed by atoms with Gasteiger partial charge in [-0.25, -0.2) is 0 Å². The first-order valence-electron chi connectivity index (χ1n) is 5.73. The Morgan fingerprint density at radius 1 is 1.60 bits per heavy atom. The van der Waals surface area contributed by atoms with Crippen molar-refractivity contribution in [2.45, 2.75) is 32.2 Å². The van der Waals surface area contributed by atoms with Gasteiger partial charge >= 0.3 is 0 Å². The Bertz CT molecular complexity index is 197. The van der Waals surface area contributed by atoms with E-state index in [1.807, 2.05) is 0 Å². The lowest BCUT2D eigenvalue weighted by Gasteiger charge is -2.30. The van der Waals surface area contributed by atoms with E-state index in [0.717, 1.165) is 13.1 Å². The number of carbonyl (C=O) groups is 1. The third-order valence-electron chi connectivity index (χ3n) is 2.98. The lowest BCUT2D eigenvalue weighted by molar-refractivity contribution is -0.122. The highest BCUT2D eigenvalue weighted by Crippen LogP contribution is 2.14. The van der Waals surface area contributed by atoms with Crippen LogP contribution >= 0.6 is 0 Å². The van der Waals surface area contributed by atoms with Gasteiger partial charge in [0.25, 0.3) is 0 Å². The molecule has 4 heteroatoms. The van der Waals surface area contributed by atoms with Crippen LogP contribution in [0.4, 0.5) is 0 Å². The lowest BCUT2D eigenvalue weighted by atomic mass is 9.93. The van der Waals surface area contributed by atoms with Crippen LogP contribution in [0.5, 0.6) is 0 Å². The van der Waals surface area contributed by atoms with Crippen LogP contribution in [0.15, 0.2) is 0 Å². The van der Waals surface area contributed by atoms with Crippen LogP contribution in [0.1, 0.15) is 26.2 Å². The fraction of sp³-hybridized carbons (Fsp3) is 0.909. The normalized spacial score (nSPS) is 26.3. The third kappa shape index (κ3) is 4.62. The van der Waals surface area contributed by atoms with Crippen LogP contribution in [0.2, 0.25) is 0 Å². The summed E-state index contributed by atoms with van der Waals surface area (Å²) in [5, 5.41) is 6.37. The number of amides is 1. The van der Waals surface area contributed by atoms with E-state index in [4.69, 9.17) is 4.74 Å². The highest BCUT2D eigenvalue weighted by molar-refractivity contribution is 5.75. The van der Waals surface area contributed by atoms with Gasteiger partial charge in [-0.05, 0) is 25.3 Å². The molecule has 88 valence electrons. The van der Waals surface area contributed by atoms with Gasteiger partial charge < -0.3 is 15.4 Å². The monoisotopic (exact) mass is 214 g/mol. The Hall–Kier alpha value is -0.610. The average Bonchev–Trinajstić information content (AvgIpc) is 2.25. The summed E-state index contributed by atoms with van der Waals surface area (Å²) in [5.41, 5.74) is 0. The number of rotatable bonds is 5. The Balaban J connectivity index is 2.14. The minimum Gasteiger partial charge on any atom is -0.384 e. The molecule has 1 aliphatic rings. The predicted molar refractivity (Wildman–Crippen MR) is 59.7 cm³/mol. The minimum atomic E-state index is 0.0800. The highest BCUT2D eigenvalue weighted by atomic mass is 16.5. The molecule has 4 nitrogen and oxygen atoms in total. The molecule has 1 aliphatic heterocycles. The quantitative estimate of drug-likeness (QED) is 0.702. The van der Waals surface area contributed by atoms with E-state index in [2.05, 4.69) is 17.6 Å². The number of hydrogen-bond donors (Lipinski definition) is 2. The molecule has 2 unspecified atom stereocenters. The van der Waals surface area contributed by atoms with Gasteiger partial charge in [-0.3, -0.25) is 4.79 Å². The second-order valence-corrected chi connectivity index (χ2v) is 4.23. The van der Waals surface area contributed by atoms with Crippen molar-refractivity contribution in [1.29, 1.82) is 0 Å². The molecule has 0 radical (unpaired) electrons. The van der Waals surface area contributed by atoms with Crippen molar-refractivity contribution in [3.8, 4) is 0 Å². The number of methoxy groups -OCH3 is 1. The zero-order valence-corrected chi connectivity index (χ0v) is 9.71. The SMILES string of the molecule is COCCC(=O)NCC1NCCCC1C. The Morgan fingerprint density at radius 2 is 2.40 bits per heavy atom. The van der Waals surface area contributed by atoms with Crippen LogP contribution in [0.25, 0.3) is 0 Å². The molecule has 0 aliphatic carbocycles. The summed E-state index contributed by atoms with van der Waals surface area (Å²) < 4.78 is 4.85. The Morgan fingerprint density at radius 3 is 3.07 bits per heavy atom. The molecule has 2 N–H and O–H groups in total. The molecular formula is C11H22N2O2. The van der Waals surface area contributed by atoms with Crippen LogP contribution < -0.4 is 10.6 Å². The smallest absolute Gasteiger partial charge is 0.222 e. The number of hydrogen-bond acceptors (Lipinski definition) is 3. The first-order chi connectivity index (χ1) is 7.24. The van der Waals surface area contributed by atoms with E-state index in [9.17, 15) is 4.79 Å². The maximum Gasteiger partial charge on any atom is 0.222 e. The largest absolute Gasteiger partial charge is 0.384 e. The molecule has 1 heterocycles. The van der Waals surface area contributed by atoms with E-state index in [-0.39, 0.29) is 5.91 Å². The van der Waals surface area contributed by atoms with Crippen molar-refractivity contribution >= 4 is 5.91 Å². The highest BCUT2D eigenvalue weighted by Gasteiger charge is 2.20. The second-order valence-electron chi connectivity index (χ2n) is 4.23. The van der Waals surface area contributed by atoms with Crippen molar-refractivity contribution in [3.05, 3.63) is 0 Å². The Labute approximate surface area is 91.8 Å². The van der Waals surface area contributed by atoms with Crippen LogP contribution in [0.3, 0.4) is 0 Å². The summed E-state index contributed by atoms with van der Waals surface area (Å²) in [5.74, 6) is 0.734. The van der Waals surface area contributed by atoms with Gasteiger partial charge in [-0.1, -0.05) is 6.92 Å². The van der Waals surface area contributed by atoms with Gasteiger partial charge in [0.05, 0.1) is 6.61 Å². The summed E-state index contributed by atoms with van der Waals surface area (Å²) in [6, 6.07) is 0.435. The maximum atomic E-state index is 11.3. The van der Waals surface area contributed by atoms with Crippen molar-refractivity contribution in [2.75, 3.05) is 26.8 Å². The number of carbonyl (C=O) groups excluding carboxylic acids is 1. The van der Waals surface area contributed by atoms with E-state index in [1.165, 1.54) is 12.8 Å². The van der Waals surface area contributed by atoms with E-state index >= 15 is 0 Å². The molecule has 0 aromatic rings. The van der Waals surface area contributed by atoms with Crippen LogP contribution in [-0.2, 0) is 9.53 Å². The molecule has 1 saturated heterocycles. The van der Waals surface area contributed by atoms with Crippen LogP contribution in [0, 0.1) is 5.92 Å². The van der Waals surface area contributed by atoms with Crippen LogP contribution in [-0.4, -0.2) is 38.8 Å². The van der Waals surface area contributed by atoms with E-state index < -0.39 is 0 Å². The number of ether oxygens (including phenoxy) is 1. The molecule has 1 amide bonds. The van der Waals surface area contributed by atoms with Crippen molar-refractivity contribution in [3.63, 3.8) is 0 Å². The molecule has 1 rings (SSSR count). The van der Waals surface area contributed by atoms with E-state index in [1.54, 1.807) is 7.11 Å². The first kappa shape index (κ1) is 12.5. The molecule has 1 fully saturated rings. The number of piperidine rings is 1. The molecule has 0 saturated carbocycles. The summed E-state index contributed by atoms with van der Waals surface area (Å²) >= 11 is 0. The molecular weight excluding hydrogens is 192 g/mol. The molecule has 0 aromatic carbocycles. The summed E-state index contributed by atoms with van der Waals surface area (Å²) in [6.45, 7) is 4.55. The molecule has 0 bridgehead atoms. The van der Waals surface area contributed by atoms with Gasteiger partial charge in [-0.15, -0.1) is 0 Å². The molecule has 15 heavy (non-hydrogen) atoms. The third-order valence-corrected chi connectivity index (χ3v) is 2.98. The average molecular weight is 214 g/mol. The number of nitrogens with one attached hydrogen (secondary N) is 2. The van der Waals surface area contributed by atoms with Gasteiger partial charge in [0.1, 0.15) is 0 Å². The van der Waals surface area contributed by atoms with Gasteiger partial charge in [-0.2, -0.15) is 0 Å². The summed E-state index contributed by atoms with van der Waals surface area (Å²) in [7, 11) is 1.61. The minimum absolute atomic E-state index is 0.0800. The second kappa shape index (κ2) is 6.80. The fourth-order valence-electron chi connectivity index (χ4n) is 1.89. The standard InChI is InChI=1S/C11H22N2O2/c1-9-4-3-6-12-10(9)8-13-11(14)5-7-15-2/h9-10,12H,3-8H2,1-2H3,(H,13,14). The van der Waals surface area contributed by atoms with Crippen molar-refractivity contribution < 1.29 is 9.53 Å². The van der Waals surface area contributed by atoms with Gasteiger partial charge in [0.15, 0.2) is 0 Å². The van der Waals surface area contributed by atoms with E-state index in [0.29, 0.717) is 25.0 Å². The summed E-state index contributed by atoms with van der Waals surface area (Å²) in [6.07, 6.45) is 2.96. The Kier molecular flexibility index (Phi) is 5.65. The fourth-order valence-corrected chi connectivity index (χ4v) is 1.89. The molecule has 0 spiro atoms. The topological polar surface area (TPSA) is 50.4 Å². The first-order valence-corrected chi connectivity index (χ1v) is 5.73. The maximum absolute atomic E-state index is 11.3. The predicted octanol–water partition coefficient (Wildman–Crippen LogP) is 0.527. The molecule has 0 aromatic heterocycles. The van der Waals surface area contributed by atoms with Gasteiger partial charge in [0, 0.05) is 26.1 Å². The zero-order valence-electron chi connectivity index (χ0n) is 9.71. The molecule has 2 atom stereocenters. The van der Waals surface area contributed by atoms with Crippen molar-refractivity contribution in [2.24, 2.45) is 5.92 Å². The zero-order chi connectivity index (χ0) is 11.1. The van der Waals surface area contributed by atoms with Gasteiger partial charge in [0.2, 0.25) is 5.91 Å².